The van der Waals surface area contributed by atoms with Gasteiger partial charge < -0.3 is 15.3 Å². The highest BCUT2D eigenvalue weighted by atomic mass is 16.3. The smallest absolute Gasteiger partial charge is 0.220 e. The molecule has 0 spiro atoms. The van der Waals surface area contributed by atoms with Gasteiger partial charge in [0.25, 0.3) is 0 Å². The van der Waals surface area contributed by atoms with Crippen LogP contribution in [0, 0.1) is 0 Å². The van der Waals surface area contributed by atoms with E-state index in [9.17, 15) is 4.79 Å². The first kappa shape index (κ1) is 12.4. The molecule has 0 rings (SSSR count). The second kappa shape index (κ2) is 6.86. The maximum Gasteiger partial charge on any atom is 0.220 e. The Morgan fingerprint density at radius 3 is 2.62 bits per heavy atom. The second-order valence-electron chi connectivity index (χ2n) is 3.44. The van der Waals surface area contributed by atoms with E-state index < -0.39 is 0 Å². The molecule has 0 heterocycles. The van der Waals surface area contributed by atoms with Crippen LogP contribution in [0.25, 0.3) is 0 Å². The number of nitrogens with one attached hydrogen (secondary N) is 1. The van der Waals surface area contributed by atoms with Crippen LogP contribution in [-0.2, 0) is 4.79 Å². The highest BCUT2D eigenvalue weighted by Crippen LogP contribution is 1.90. The summed E-state index contributed by atoms with van der Waals surface area (Å²) >= 11 is 0. The molecule has 4 heteroatoms. The van der Waals surface area contributed by atoms with Gasteiger partial charge in [-0.2, -0.15) is 0 Å². The van der Waals surface area contributed by atoms with Crippen molar-refractivity contribution in [2.75, 3.05) is 27.2 Å². The van der Waals surface area contributed by atoms with Gasteiger partial charge in [-0.05, 0) is 27.4 Å². The maximum absolute atomic E-state index is 11.1. The minimum atomic E-state index is 0.0164. The van der Waals surface area contributed by atoms with Crippen molar-refractivity contribution in [2.24, 2.45) is 0 Å². The Bertz CT molecular complexity index is 149. The van der Waals surface area contributed by atoms with Crippen LogP contribution in [0.3, 0.4) is 0 Å². The molecule has 2 N–H and O–H groups in total. The van der Waals surface area contributed by atoms with Crippen LogP contribution >= 0.6 is 0 Å². The van der Waals surface area contributed by atoms with Gasteiger partial charge >= 0.3 is 0 Å². The predicted octanol–water partition coefficient (Wildman–Crippen LogP) is -0.175. The summed E-state index contributed by atoms with van der Waals surface area (Å²) in [6, 6.07) is 0.345. The Hall–Kier alpha value is -0.610. The van der Waals surface area contributed by atoms with Crippen LogP contribution in [0.15, 0.2) is 0 Å². The van der Waals surface area contributed by atoms with Gasteiger partial charge in [-0.25, -0.2) is 0 Å². The van der Waals surface area contributed by atoms with Crippen molar-refractivity contribution in [1.82, 2.24) is 10.2 Å². The average molecular weight is 188 g/mol. The van der Waals surface area contributed by atoms with Crippen LogP contribution in [0.1, 0.15) is 19.8 Å². The molecule has 13 heavy (non-hydrogen) atoms. The lowest BCUT2D eigenvalue weighted by Gasteiger charge is -2.19. The Morgan fingerprint density at radius 1 is 1.54 bits per heavy atom. The van der Waals surface area contributed by atoms with E-state index in [4.69, 9.17) is 5.11 Å². The van der Waals surface area contributed by atoms with E-state index in [0.717, 1.165) is 0 Å². The zero-order valence-electron chi connectivity index (χ0n) is 8.71. The lowest BCUT2D eigenvalue weighted by atomic mass is 10.3. The lowest BCUT2D eigenvalue weighted by molar-refractivity contribution is -0.121. The molecule has 78 valence electrons. The summed E-state index contributed by atoms with van der Waals surface area (Å²) in [5.41, 5.74) is 0. The summed E-state index contributed by atoms with van der Waals surface area (Å²) in [4.78, 5) is 13.1. The third-order valence-corrected chi connectivity index (χ3v) is 2.04. The van der Waals surface area contributed by atoms with Gasteiger partial charge in [0.15, 0.2) is 0 Å². The number of nitrogens with zero attached hydrogens (tertiary/aromatic N) is 1. The first-order chi connectivity index (χ1) is 6.07. The van der Waals surface area contributed by atoms with Crippen molar-refractivity contribution in [3.8, 4) is 0 Å². The molecule has 0 aromatic heterocycles. The third kappa shape index (κ3) is 6.54. The van der Waals surface area contributed by atoms with E-state index in [2.05, 4.69) is 5.32 Å². The van der Waals surface area contributed by atoms with E-state index >= 15 is 0 Å². The van der Waals surface area contributed by atoms with E-state index in [-0.39, 0.29) is 12.5 Å². The van der Waals surface area contributed by atoms with Gasteiger partial charge in [-0.3, -0.25) is 4.79 Å². The van der Waals surface area contributed by atoms with E-state index in [1.165, 1.54) is 0 Å². The average Bonchev–Trinajstić information content (AvgIpc) is 2.10. The summed E-state index contributed by atoms with van der Waals surface area (Å²) in [6.07, 6.45) is 0.957. The van der Waals surface area contributed by atoms with E-state index in [1.807, 2.05) is 25.9 Å². The van der Waals surface area contributed by atoms with E-state index in [1.54, 1.807) is 0 Å². The number of amides is 1. The Morgan fingerprint density at radius 2 is 2.15 bits per heavy atom. The quantitative estimate of drug-likeness (QED) is 0.608. The third-order valence-electron chi connectivity index (χ3n) is 2.04. The van der Waals surface area contributed by atoms with Crippen molar-refractivity contribution in [1.29, 1.82) is 0 Å². The Balaban J connectivity index is 3.46. The number of hydrogen-bond donors (Lipinski definition) is 2. The number of aliphatic hydroxyl groups excluding tert-OH is 1. The molecule has 0 aliphatic rings. The van der Waals surface area contributed by atoms with Crippen LogP contribution in [0.4, 0.5) is 0 Å². The first-order valence-corrected chi connectivity index (χ1v) is 4.62. The topological polar surface area (TPSA) is 52.6 Å². The molecule has 4 nitrogen and oxygen atoms in total. The monoisotopic (exact) mass is 188 g/mol. The molecule has 1 amide bonds. The van der Waals surface area contributed by atoms with Crippen molar-refractivity contribution in [3.63, 3.8) is 0 Å². The zero-order valence-corrected chi connectivity index (χ0v) is 8.71. The fourth-order valence-corrected chi connectivity index (χ4v) is 0.772. The summed E-state index contributed by atoms with van der Waals surface area (Å²) < 4.78 is 0. The molecule has 0 aliphatic carbocycles. The number of carbonyl (C=O) groups is 1. The molecule has 0 radical (unpaired) electrons. The molecule has 1 atom stereocenters. The van der Waals surface area contributed by atoms with Crippen LogP contribution in [0.5, 0.6) is 0 Å². The van der Waals surface area contributed by atoms with Crippen molar-refractivity contribution < 1.29 is 9.90 Å². The van der Waals surface area contributed by atoms with Gasteiger partial charge in [-0.15, -0.1) is 0 Å². The van der Waals surface area contributed by atoms with Crippen LogP contribution < -0.4 is 5.32 Å². The number of rotatable bonds is 6. The van der Waals surface area contributed by atoms with Gasteiger partial charge in [0.2, 0.25) is 5.91 Å². The summed E-state index contributed by atoms with van der Waals surface area (Å²) in [6.45, 7) is 2.79. The summed E-state index contributed by atoms with van der Waals surface area (Å²) in [7, 11) is 3.95. The predicted molar refractivity (Wildman–Crippen MR) is 52.5 cm³/mol. The summed E-state index contributed by atoms with van der Waals surface area (Å²) in [5.74, 6) is 0.0164. The highest BCUT2D eigenvalue weighted by molar-refractivity contribution is 5.75. The number of likely N-dealkylation sites (N-methyl/N-ethyl adjacent to an activating group) is 1. The molecule has 0 fully saturated rings. The second-order valence-corrected chi connectivity index (χ2v) is 3.44. The molecular formula is C9H20N2O2. The van der Waals surface area contributed by atoms with Crippen molar-refractivity contribution in [3.05, 3.63) is 0 Å². The molecule has 0 aliphatic heterocycles. The van der Waals surface area contributed by atoms with E-state index in [0.29, 0.717) is 25.4 Å². The van der Waals surface area contributed by atoms with Crippen LogP contribution in [-0.4, -0.2) is 49.2 Å². The minimum Gasteiger partial charge on any atom is -0.396 e. The maximum atomic E-state index is 11.1. The number of aliphatic hydroxyl groups is 1. The molecule has 0 saturated heterocycles. The molecule has 0 aromatic rings. The van der Waals surface area contributed by atoms with Crippen molar-refractivity contribution >= 4 is 5.91 Å². The highest BCUT2D eigenvalue weighted by Gasteiger charge is 2.06. The first-order valence-electron chi connectivity index (χ1n) is 4.62. The molecule has 0 aromatic carbocycles. The normalized spacial score (nSPS) is 13.0. The largest absolute Gasteiger partial charge is 0.396 e. The molecular weight excluding hydrogens is 168 g/mol. The minimum absolute atomic E-state index is 0.0164. The van der Waals surface area contributed by atoms with Gasteiger partial charge in [-0.1, -0.05) is 0 Å². The Kier molecular flexibility index (Phi) is 6.54. The fraction of sp³-hybridized carbons (Fsp3) is 0.889. The summed E-state index contributed by atoms with van der Waals surface area (Å²) in [5, 5.41) is 11.3. The molecule has 0 saturated carbocycles. The van der Waals surface area contributed by atoms with Gasteiger partial charge in [0, 0.05) is 25.6 Å². The zero-order chi connectivity index (χ0) is 10.3. The van der Waals surface area contributed by atoms with Crippen molar-refractivity contribution in [2.45, 2.75) is 25.8 Å². The lowest BCUT2D eigenvalue weighted by Crippen LogP contribution is -2.38. The Labute approximate surface area is 79.9 Å². The molecule has 0 bridgehead atoms. The van der Waals surface area contributed by atoms with Crippen LogP contribution in [0.2, 0.25) is 0 Å². The SMILES string of the molecule is CC(CNC(=O)CCCO)N(C)C. The van der Waals surface area contributed by atoms with Gasteiger partial charge in [0.1, 0.15) is 0 Å². The number of carbonyl (C=O) groups excluding carboxylic acids is 1. The van der Waals surface area contributed by atoms with Gasteiger partial charge in [0.05, 0.1) is 0 Å². The molecule has 1 unspecified atom stereocenters. The standard InChI is InChI=1S/C9H20N2O2/c1-8(11(2)3)7-10-9(13)5-4-6-12/h8,12H,4-7H2,1-3H3,(H,10,13). The number of hydrogen-bond acceptors (Lipinski definition) is 3. The fourth-order valence-electron chi connectivity index (χ4n) is 0.772.